The Morgan fingerprint density at radius 3 is 2.50 bits per heavy atom. The van der Waals surface area contributed by atoms with Crippen LogP contribution in [0.25, 0.3) is 0 Å². The van der Waals surface area contributed by atoms with E-state index < -0.39 is 0 Å². The summed E-state index contributed by atoms with van der Waals surface area (Å²) in [6.45, 7) is 4.59. The maximum atomic E-state index is 4.43. The van der Waals surface area contributed by atoms with Crippen molar-refractivity contribution in [2.75, 3.05) is 0 Å². The molecule has 0 bridgehead atoms. The SMILES string of the molecule is CC(C)C1(c2ccccn2)CC1. The van der Waals surface area contributed by atoms with E-state index in [1.807, 2.05) is 12.3 Å². The van der Waals surface area contributed by atoms with Gasteiger partial charge in [0.1, 0.15) is 0 Å². The lowest BCUT2D eigenvalue weighted by atomic mass is 9.89. The fourth-order valence-corrected chi connectivity index (χ4v) is 1.92. The van der Waals surface area contributed by atoms with Gasteiger partial charge >= 0.3 is 0 Å². The zero-order valence-electron chi connectivity index (χ0n) is 7.75. The lowest BCUT2D eigenvalue weighted by Crippen LogP contribution is -2.15. The molecule has 1 aliphatic carbocycles. The van der Waals surface area contributed by atoms with Gasteiger partial charge < -0.3 is 0 Å². The molecule has 64 valence electrons. The zero-order valence-corrected chi connectivity index (χ0v) is 7.75. The Bertz CT molecular complexity index is 260. The Morgan fingerprint density at radius 1 is 1.33 bits per heavy atom. The van der Waals surface area contributed by atoms with Crippen molar-refractivity contribution in [1.82, 2.24) is 4.98 Å². The first-order chi connectivity index (χ1) is 5.76. The average molecular weight is 161 g/mol. The van der Waals surface area contributed by atoms with Crippen LogP contribution in [-0.4, -0.2) is 4.98 Å². The third-order valence-corrected chi connectivity index (χ3v) is 3.07. The molecule has 0 atom stereocenters. The minimum absolute atomic E-state index is 0.432. The zero-order chi connectivity index (χ0) is 8.60. The molecule has 0 spiro atoms. The fraction of sp³-hybridized carbons (Fsp3) is 0.545. The maximum Gasteiger partial charge on any atom is 0.0467 e. The molecule has 1 saturated carbocycles. The third kappa shape index (κ3) is 1.04. The first kappa shape index (κ1) is 7.78. The standard InChI is InChI=1S/C11H15N/c1-9(2)11(6-7-11)10-5-3-4-8-12-10/h3-5,8-9H,6-7H2,1-2H3. The van der Waals surface area contributed by atoms with Crippen LogP contribution < -0.4 is 0 Å². The molecular weight excluding hydrogens is 146 g/mol. The van der Waals surface area contributed by atoms with Gasteiger partial charge in [-0.1, -0.05) is 19.9 Å². The van der Waals surface area contributed by atoms with Crippen LogP contribution in [0.1, 0.15) is 32.4 Å². The molecule has 12 heavy (non-hydrogen) atoms. The highest BCUT2D eigenvalue weighted by molar-refractivity contribution is 5.25. The van der Waals surface area contributed by atoms with Gasteiger partial charge in [0, 0.05) is 17.3 Å². The summed E-state index contributed by atoms with van der Waals surface area (Å²) < 4.78 is 0. The molecule has 1 aliphatic rings. The molecule has 0 saturated heterocycles. The molecule has 1 nitrogen and oxygen atoms in total. The monoisotopic (exact) mass is 161 g/mol. The van der Waals surface area contributed by atoms with Gasteiger partial charge in [0.25, 0.3) is 0 Å². The fourth-order valence-electron chi connectivity index (χ4n) is 1.92. The molecule has 1 heteroatoms. The predicted molar refractivity (Wildman–Crippen MR) is 50.0 cm³/mol. The van der Waals surface area contributed by atoms with Gasteiger partial charge in [0.2, 0.25) is 0 Å². The summed E-state index contributed by atoms with van der Waals surface area (Å²) in [4.78, 5) is 4.43. The van der Waals surface area contributed by atoms with Crippen molar-refractivity contribution in [3.05, 3.63) is 30.1 Å². The minimum atomic E-state index is 0.432. The maximum absolute atomic E-state index is 4.43. The van der Waals surface area contributed by atoms with E-state index in [-0.39, 0.29) is 0 Å². The topological polar surface area (TPSA) is 12.9 Å². The van der Waals surface area contributed by atoms with Crippen LogP contribution in [0, 0.1) is 5.92 Å². The van der Waals surface area contributed by atoms with Gasteiger partial charge in [0.05, 0.1) is 0 Å². The van der Waals surface area contributed by atoms with Gasteiger partial charge in [-0.15, -0.1) is 0 Å². The molecule has 0 aliphatic heterocycles. The van der Waals surface area contributed by atoms with Crippen molar-refractivity contribution in [1.29, 1.82) is 0 Å². The van der Waals surface area contributed by atoms with Crippen LogP contribution in [0.3, 0.4) is 0 Å². The van der Waals surface area contributed by atoms with Crippen molar-refractivity contribution in [3.8, 4) is 0 Å². The highest BCUT2D eigenvalue weighted by Gasteiger charge is 2.47. The Balaban J connectivity index is 2.31. The highest BCUT2D eigenvalue weighted by atomic mass is 14.7. The lowest BCUT2D eigenvalue weighted by molar-refractivity contribution is 0.470. The van der Waals surface area contributed by atoms with Crippen molar-refractivity contribution in [3.63, 3.8) is 0 Å². The summed E-state index contributed by atoms with van der Waals surface area (Å²) in [6.07, 6.45) is 4.54. The first-order valence-corrected chi connectivity index (χ1v) is 4.67. The normalized spacial score (nSPS) is 19.6. The number of pyridine rings is 1. The van der Waals surface area contributed by atoms with E-state index in [4.69, 9.17) is 0 Å². The largest absolute Gasteiger partial charge is 0.261 e. The van der Waals surface area contributed by atoms with E-state index in [1.54, 1.807) is 0 Å². The molecule has 0 unspecified atom stereocenters. The molecule has 0 amide bonds. The molecule has 2 rings (SSSR count). The number of nitrogens with zero attached hydrogens (tertiary/aromatic N) is 1. The third-order valence-electron chi connectivity index (χ3n) is 3.07. The van der Waals surface area contributed by atoms with E-state index in [1.165, 1.54) is 18.5 Å². The molecule has 1 heterocycles. The molecular formula is C11H15N. The second-order valence-electron chi connectivity index (χ2n) is 4.03. The second kappa shape index (κ2) is 2.58. The lowest BCUT2D eigenvalue weighted by Gasteiger charge is -2.18. The van der Waals surface area contributed by atoms with Crippen molar-refractivity contribution in [2.45, 2.75) is 32.1 Å². The van der Waals surface area contributed by atoms with Crippen LogP contribution in [0.2, 0.25) is 0 Å². The van der Waals surface area contributed by atoms with E-state index in [0.717, 1.165) is 5.92 Å². The number of hydrogen-bond donors (Lipinski definition) is 0. The van der Waals surface area contributed by atoms with E-state index >= 15 is 0 Å². The molecule has 0 radical (unpaired) electrons. The Morgan fingerprint density at radius 2 is 2.08 bits per heavy atom. The first-order valence-electron chi connectivity index (χ1n) is 4.67. The van der Waals surface area contributed by atoms with Gasteiger partial charge in [-0.2, -0.15) is 0 Å². The summed E-state index contributed by atoms with van der Waals surface area (Å²) in [5.74, 6) is 0.729. The minimum Gasteiger partial charge on any atom is -0.261 e. The van der Waals surface area contributed by atoms with Crippen molar-refractivity contribution >= 4 is 0 Å². The van der Waals surface area contributed by atoms with Crippen LogP contribution in [-0.2, 0) is 5.41 Å². The van der Waals surface area contributed by atoms with E-state index in [9.17, 15) is 0 Å². The quantitative estimate of drug-likeness (QED) is 0.650. The van der Waals surface area contributed by atoms with Gasteiger partial charge in [-0.05, 0) is 30.9 Å². The summed E-state index contributed by atoms with van der Waals surface area (Å²) >= 11 is 0. The second-order valence-corrected chi connectivity index (χ2v) is 4.03. The highest BCUT2D eigenvalue weighted by Crippen LogP contribution is 2.52. The van der Waals surface area contributed by atoms with Crippen LogP contribution in [0.5, 0.6) is 0 Å². The smallest absolute Gasteiger partial charge is 0.0467 e. The summed E-state index contributed by atoms with van der Waals surface area (Å²) in [5, 5.41) is 0. The number of aromatic nitrogens is 1. The Labute approximate surface area is 73.8 Å². The summed E-state index contributed by atoms with van der Waals surface area (Å²) in [5.41, 5.74) is 1.72. The van der Waals surface area contributed by atoms with Gasteiger partial charge in [0.15, 0.2) is 0 Å². The molecule has 0 N–H and O–H groups in total. The van der Waals surface area contributed by atoms with Crippen LogP contribution in [0.15, 0.2) is 24.4 Å². The average Bonchev–Trinajstić information content (AvgIpc) is 2.86. The van der Waals surface area contributed by atoms with Gasteiger partial charge in [-0.3, -0.25) is 4.98 Å². The van der Waals surface area contributed by atoms with Crippen LogP contribution in [0.4, 0.5) is 0 Å². The number of rotatable bonds is 2. The van der Waals surface area contributed by atoms with Gasteiger partial charge in [-0.25, -0.2) is 0 Å². The van der Waals surface area contributed by atoms with Crippen molar-refractivity contribution in [2.24, 2.45) is 5.92 Å². The summed E-state index contributed by atoms with van der Waals surface area (Å²) in [7, 11) is 0. The van der Waals surface area contributed by atoms with E-state index in [2.05, 4.69) is 31.0 Å². The Kier molecular flexibility index (Phi) is 1.67. The molecule has 1 aromatic heterocycles. The van der Waals surface area contributed by atoms with Crippen LogP contribution >= 0.6 is 0 Å². The van der Waals surface area contributed by atoms with Crippen molar-refractivity contribution < 1.29 is 0 Å². The molecule has 0 aromatic carbocycles. The molecule has 1 fully saturated rings. The molecule has 1 aromatic rings. The summed E-state index contributed by atoms with van der Waals surface area (Å²) in [6, 6.07) is 6.23. The number of hydrogen-bond acceptors (Lipinski definition) is 1. The Hall–Kier alpha value is -0.850. The van der Waals surface area contributed by atoms with E-state index in [0.29, 0.717) is 5.41 Å². The predicted octanol–water partition coefficient (Wildman–Crippen LogP) is 2.77.